The monoisotopic (exact) mass is 240 g/mol. The highest BCUT2D eigenvalue weighted by atomic mass is 35.5. The Morgan fingerprint density at radius 3 is 2.81 bits per heavy atom. The zero-order chi connectivity index (χ0) is 11.5. The summed E-state index contributed by atoms with van der Waals surface area (Å²) in [7, 11) is 0. The average Bonchev–Trinajstić information content (AvgIpc) is 2.33. The first kappa shape index (κ1) is 11.2. The van der Waals surface area contributed by atoms with Crippen LogP contribution in [0.4, 0.5) is 5.82 Å². The first-order valence-electron chi connectivity index (χ1n) is 5.09. The van der Waals surface area contributed by atoms with Gasteiger partial charge in [-0.25, -0.2) is 4.98 Å². The smallest absolute Gasteiger partial charge is 0.255 e. The Bertz CT molecular complexity index is 404. The molecule has 16 heavy (non-hydrogen) atoms. The van der Waals surface area contributed by atoms with E-state index in [1.807, 2.05) is 0 Å². The van der Waals surface area contributed by atoms with E-state index in [2.05, 4.69) is 10.3 Å². The SMILES string of the molecule is Nc1ncc(C(=O)N2CCNCC2)cc1Cl. The molecule has 3 N–H and O–H groups in total. The highest BCUT2D eigenvalue weighted by Gasteiger charge is 2.18. The second kappa shape index (κ2) is 4.67. The Morgan fingerprint density at radius 1 is 1.50 bits per heavy atom. The van der Waals surface area contributed by atoms with Gasteiger partial charge in [0.05, 0.1) is 10.6 Å². The number of aromatic nitrogens is 1. The summed E-state index contributed by atoms with van der Waals surface area (Å²) in [5.74, 6) is 0.203. The number of nitrogens with zero attached hydrogens (tertiary/aromatic N) is 2. The van der Waals surface area contributed by atoms with Gasteiger partial charge < -0.3 is 16.0 Å². The molecule has 0 radical (unpaired) electrons. The van der Waals surface area contributed by atoms with Gasteiger partial charge in [-0.3, -0.25) is 4.79 Å². The van der Waals surface area contributed by atoms with Crippen LogP contribution < -0.4 is 11.1 Å². The van der Waals surface area contributed by atoms with Gasteiger partial charge in [-0.1, -0.05) is 11.6 Å². The summed E-state index contributed by atoms with van der Waals surface area (Å²) in [4.78, 5) is 17.7. The van der Waals surface area contributed by atoms with Crippen molar-refractivity contribution in [3.8, 4) is 0 Å². The number of nitrogen functional groups attached to an aromatic ring is 1. The number of hydrogen-bond donors (Lipinski definition) is 2. The van der Waals surface area contributed by atoms with Gasteiger partial charge in [0.25, 0.3) is 5.91 Å². The van der Waals surface area contributed by atoms with Crippen LogP contribution in [0.25, 0.3) is 0 Å². The van der Waals surface area contributed by atoms with E-state index in [9.17, 15) is 4.79 Å². The standard InChI is InChI=1S/C10H13ClN4O/c11-8-5-7(6-14-9(8)12)10(16)15-3-1-13-2-4-15/h5-6,13H,1-4H2,(H2,12,14). The molecule has 86 valence electrons. The summed E-state index contributed by atoms with van der Waals surface area (Å²) in [5, 5.41) is 3.51. The summed E-state index contributed by atoms with van der Waals surface area (Å²) in [6.45, 7) is 3.06. The second-order valence-corrected chi connectivity index (χ2v) is 4.04. The Balaban J connectivity index is 2.16. The number of carbonyl (C=O) groups is 1. The molecule has 1 aromatic heterocycles. The highest BCUT2D eigenvalue weighted by Crippen LogP contribution is 2.17. The van der Waals surface area contributed by atoms with Gasteiger partial charge in [-0.15, -0.1) is 0 Å². The third-order valence-electron chi connectivity index (χ3n) is 2.52. The van der Waals surface area contributed by atoms with E-state index in [-0.39, 0.29) is 11.7 Å². The largest absolute Gasteiger partial charge is 0.382 e. The van der Waals surface area contributed by atoms with Crippen molar-refractivity contribution in [2.45, 2.75) is 0 Å². The molecule has 0 spiro atoms. The summed E-state index contributed by atoms with van der Waals surface area (Å²) < 4.78 is 0. The lowest BCUT2D eigenvalue weighted by Gasteiger charge is -2.27. The minimum atomic E-state index is -0.0455. The van der Waals surface area contributed by atoms with Crippen LogP contribution in [0.15, 0.2) is 12.3 Å². The van der Waals surface area contributed by atoms with E-state index in [0.717, 1.165) is 13.1 Å². The number of piperazine rings is 1. The molecule has 2 rings (SSSR count). The number of hydrogen-bond acceptors (Lipinski definition) is 4. The van der Waals surface area contributed by atoms with Gasteiger partial charge in [0.15, 0.2) is 0 Å². The zero-order valence-electron chi connectivity index (χ0n) is 8.74. The van der Waals surface area contributed by atoms with Crippen molar-refractivity contribution >= 4 is 23.3 Å². The molecular formula is C10H13ClN4O. The van der Waals surface area contributed by atoms with Crippen molar-refractivity contribution in [3.63, 3.8) is 0 Å². The summed E-state index contributed by atoms with van der Waals surface area (Å²) in [5.41, 5.74) is 5.98. The maximum atomic E-state index is 12.0. The Kier molecular flexibility index (Phi) is 3.26. The van der Waals surface area contributed by atoms with Crippen molar-refractivity contribution in [3.05, 3.63) is 22.8 Å². The molecule has 0 unspecified atom stereocenters. The predicted octanol–water partition coefficient (Wildman–Crippen LogP) is 0.363. The Morgan fingerprint density at radius 2 is 2.19 bits per heavy atom. The molecule has 1 aromatic rings. The highest BCUT2D eigenvalue weighted by molar-refractivity contribution is 6.33. The van der Waals surface area contributed by atoms with Crippen LogP contribution in [-0.4, -0.2) is 42.0 Å². The van der Waals surface area contributed by atoms with Crippen LogP contribution in [0.2, 0.25) is 5.02 Å². The van der Waals surface area contributed by atoms with Crippen molar-refractivity contribution < 1.29 is 4.79 Å². The van der Waals surface area contributed by atoms with E-state index in [4.69, 9.17) is 17.3 Å². The van der Waals surface area contributed by atoms with Gasteiger partial charge in [0.1, 0.15) is 5.82 Å². The first-order valence-corrected chi connectivity index (χ1v) is 5.47. The van der Waals surface area contributed by atoms with Crippen molar-refractivity contribution in [1.82, 2.24) is 15.2 Å². The van der Waals surface area contributed by atoms with Gasteiger partial charge >= 0.3 is 0 Å². The molecule has 1 aliphatic rings. The van der Waals surface area contributed by atoms with E-state index in [1.165, 1.54) is 6.20 Å². The molecule has 0 aliphatic carbocycles. The van der Waals surface area contributed by atoms with Crippen LogP contribution in [0.1, 0.15) is 10.4 Å². The number of carbonyl (C=O) groups excluding carboxylic acids is 1. The number of nitrogens with one attached hydrogen (secondary N) is 1. The van der Waals surface area contributed by atoms with E-state index in [1.54, 1.807) is 11.0 Å². The lowest BCUT2D eigenvalue weighted by atomic mass is 10.2. The van der Waals surface area contributed by atoms with Gasteiger partial charge in [-0.2, -0.15) is 0 Å². The molecule has 1 aliphatic heterocycles. The molecule has 0 saturated carbocycles. The van der Waals surface area contributed by atoms with Gasteiger partial charge in [0.2, 0.25) is 0 Å². The van der Waals surface area contributed by atoms with Crippen LogP contribution in [0.3, 0.4) is 0 Å². The fourth-order valence-electron chi connectivity index (χ4n) is 1.62. The minimum Gasteiger partial charge on any atom is -0.382 e. The maximum absolute atomic E-state index is 12.0. The maximum Gasteiger partial charge on any atom is 0.255 e. The van der Waals surface area contributed by atoms with E-state index < -0.39 is 0 Å². The molecule has 2 heterocycles. The van der Waals surface area contributed by atoms with Crippen molar-refractivity contribution in [1.29, 1.82) is 0 Å². The number of rotatable bonds is 1. The molecule has 0 bridgehead atoms. The van der Waals surface area contributed by atoms with Crippen molar-refractivity contribution in [2.75, 3.05) is 31.9 Å². The number of pyridine rings is 1. The molecule has 5 nitrogen and oxygen atoms in total. The summed E-state index contributed by atoms with van der Waals surface area (Å²) >= 11 is 5.83. The normalized spacial score (nSPS) is 16.2. The third kappa shape index (κ3) is 2.25. The Hall–Kier alpha value is -1.33. The molecule has 0 atom stereocenters. The number of nitrogens with two attached hydrogens (primary N) is 1. The van der Waals surface area contributed by atoms with Crippen LogP contribution in [-0.2, 0) is 0 Å². The fraction of sp³-hybridized carbons (Fsp3) is 0.400. The molecule has 1 saturated heterocycles. The zero-order valence-corrected chi connectivity index (χ0v) is 9.50. The van der Waals surface area contributed by atoms with Crippen LogP contribution in [0.5, 0.6) is 0 Å². The molecule has 1 amide bonds. The van der Waals surface area contributed by atoms with Gasteiger partial charge in [-0.05, 0) is 6.07 Å². The predicted molar refractivity (Wildman–Crippen MR) is 62.4 cm³/mol. The summed E-state index contributed by atoms with van der Waals surface area (Å²) in [6.07, 6.45) is 1.46. The quantitative estimate of drug-likeness (QED) is 0.744. The van der Waals surface area contributed by atoms with Crippen molar-refractivity contribution in [2.24, 2.45) is 0 Å². The average molecular weight is 241 g/mol. The third-order valence-corrected chi connectivity index (χ3v) is 2.82. The molecule has 1 fully saturated rings. The number of anilines is 1. The van der Waals surface area contributed by atoms with Gasteiger partial charge in [0, 0.05) is 32.4 Å². The fourth-order valence-corrected chi connectivity index (χ4v) is 1.78. The Labute approximate surface area is 98.6 Å². The topological polar surface area (TPSA) is 71.2 Å². The first-order chi connectivity index (χ1) is 7.68. The van der Waals surface area contributed by atoms with E-state index in [0.29, 0.717) is 23.7 Å². The van der Waals surface area contributed by atoms with Crippen LogP contribution in [0, 0.1) is 0 Å². The lowest BCUT2D eigenvalue weighted by Crippen LogP contribution is -2.46. The molecule has 6 heteroatoms. The molecule has 0 aromatic carbocycles. The lowest BCUT2D eigenvalue weighted by molar-refractivity contribution is 0.0735. The van der Waals surface area contributed by atoms with E-state index >= 15 is 0 Å². The molecular weight excluding hydrogens is 228 g/mol. The number of halogens is 1. The van der Waals surface area contributed by atoms with Crippen LogP contribution >= 0.6 is 11.6 Å². The summed E-state index contributed by atoms with van der Waals surface area (Å²) in [6, 6.07) is 1.56. The number of amides is 1. The second-order valence-electron chi connectivity index (χ2n) is 3.63. The minimum absolute atomic E-state index is 0.0455.